The van der Waals surface area contributed by atoms with E-state index in [1.54, 1.807) is 4.90 Å². The Morgan fingerprint density at radius 1 is 0.964 bits per heavy atom. The van der Waals surface area contributed by atoms with Gasteiger partial charge in [-0.05, 0) is 49.2 Å². The minimum Gasteiger partial charge on any atom is -0.457 e. The van der Waals surface area contributed by atoms with Gasteiger partial charge in [0.05, 0.1) is 0 Å². The topological polar surface area (TPSA) is 58.6 Å². The van der Waals surface area contributed by atoms with E-state index in [1.807, 2.05) is 54.6 Å². The van der Waals surface area contributed by atoms with Crippen molar-refractivity contribution in [2.24, 2.45) is 5.92 Å². The summed E-state index contributed by atoms with van der Waals surface area (Å²) in [7, 11) is 0. The zero-order valence-corrected chi connectivity index (χ0v) is 16.4. The molecule has 1 N–H and O–H groups in total. The van der Waals surface area contributed by atoms with Crippen molar-refractivity contribution >= 4 is 17.5 Å². The summed E-state index contributed by atoms with van der Waals surface area (Å²) in [6.45, 7) is 2.45. The first-order valence-electron chi connectivity index (χ1n) is 10.0. The average Bonchev–Trinajstić information content (AvgIpc) is 2.73. The van der Waals surface area contributed by atoms with E-state index in [0.29, 0.717) is 18.8 Å². The summed E-state index contributed by atoms with van der Waals surface area (Å²) in [5.41, 5.74) is 0.792. The number of ether oxygens (including phenoxy) is 1. The molecule has 0 unspecified atom stereocenters. The SMILES string of the molecule is CC(=O)N(CCNC(=O)C1CCCCC1)c1ccc(Oc2ccccc2)cc1. The third-order valence-corrected chi connectivity index (χ3v) is 5.12. The maximum Gasteiger partial charge on any atom is 0.223 e. The van der Waals surface area contributed by atoms with Crippen LogP contribution >= 0.6 is 0 Å². The molecule has 1 aliphatic rings. The molecule has 1 aliphatic carbocycles. The summed E-state index contributed by atoms with van der Waals surface area (Å²) < 4.78 is 5.79. The molecule has 5 heteroatoms. The van der Waals surface area contributed by atoms with Crippen molar-refractivity contribution in [3.63, 3.8) is 0 Å². The van der Waals surface area contributed by atoms with Gasteiger partial charge in [-0.1, -0.05) is 37.5 Å². The zero-order valence-electron chi connectivity index (χ0n) is 16.4. The highest BCUT2D eigenvalue weighted by Crippen LogP contribution is 2.25. The number of anilines is 1. The molecule has 0 atom stereocenters. The van der Waals surface area contributed by atoms with Gasteiger partial charge in [-0.25, -0.2) is 0 Å². The van der Waals surface area contributed by atoms with Crippen LogP contribution < -0.4 is 15.0 Å². The number of carbonyl (C=O) groups is 2. The van der Waals surface area contributed by atoms with Gasteiger partial charge in [0.2, 0.25) is 11.8 Å². The lowest BCUT2D eigenvalue weighted by molar-refractivity contribution is -0.126. The van der Waals surface area contributed by atoms with E-state index in [-0.39, 0.29) is 17.7 Å². The molecule has 0 bridgehead atoms. The molecule has 2 amide bonds. The first-order valence-corrected chi connectivity index (χ1v) is 10.0. The van der Waals surface area contributed by atoms with E-state index in [4.69, 9.17) is 4.74 Å². The second-order valence-electron chi connectivity index (χ2n) is 7.21. The van der Waals surface area contributed by atoms with Crippen LogP contribution in [0.15, 0.2) is 54.6 Å². The maximum atomic E-state index is 12.3. The van der Waals surface area contributed by atoms with Crippen molar-refractivity contribution in [2.75, 3.05) is 18.0 Å². The number of rotatable bonds is 7. The first kappa shape index (κ1) is 19.9. The van der Waals surface area contributed by atoms with E-state index in [2.05, 4.69) is 5.32 Å². The highest BCUT2D eigenvalue weighted by molar-refractivity contribution is 5.91. The summed E-state index contributed by atoms with van der Waals surface area (Å²) in [4.78, 5) is 26.0. The molecule has 2 aromatic rings. The fraction of sp³-hybridized carbons (Fsp3) is 0.391. The van der Waals surface area contributed by atoms with Crippen LogP contribution in [0.25, 0.3) is 0 Å². The second kappa shape index (κ2) is 9.93. The Kier molecular flexibility index (Phi) is 7.06. The predicted molar refractivity (Wildman–Crippen MR) is 111 cm³/mol. The molecular weight excluding hydrogens is 352 g/mol. The van der Waals surface area contributed by atoms with Crippen LogP contribution in [-0.4, -0.2) is 24.9 Å². The molecule has 0 aliphatic heterocycles. The fourth-order valence-electron chi connectivity index (χ4n) is 3.59. The van der Waals surface area contributed by atoms with Crippen molar-refractivity contribution in [3.05, 3.63) is 54.6 Å². The van der Waals surface area contributed by atoms with Crippen LogP contribution in [0.3, 0.4) is 0 Å². The quantitative estimate of drug-likeness (QED) is 0.768. The molecule has 2 aromatic carbocycles. The number of para-hydroxylation sites is 1. The number of nitrogens with one attached hydrogen (secondary N) is 1. The van der Waals surface area contributed by atoms with E-state index in [9.17, 15) is 9.59 Å². The van der Waals surface area contributed by atoms with Gasteiger partial charge >= 0.3 is 0 Å². The number of amides is 2. The largest absolute Gasteiger partial charge is 0.457 e. The monoisotopic (exact) mass is 380 g/mol. The summed E-state index contributed by atoms with van der Waals surface area (Å²) in [5.74, 6) is 1.68. The van der Waals surface area contributed by atoms with Crippen molar-refractivity contribution < 1.29 is 14.3 Å². The zero-order chi connectivity index (χ0) is 19.8. The summed E-state index contributed by atoms with van der Waals surface area (Å²) in [6, 6.07) is 17.0. The lowest BCUT2D eigenvalue weighted by Crippen LogP contribution is -2.40. The highest BCUT2D eigenvalue weighted by atomic mass is 16.5. The molecule has 1 fully saturated rings. The molecule has 5 nitrogen and oxygen atoms in total. The van der Waals surface area contributed by atoms with Crippen molar-refractivity contribution in [2.45, 2.75) is 39.0 Å². The van der Waals surface area contributed by atoms with Crippen LogP contribution in [0.1, 0.15) is 39.0 Å². The number of hydrogen-bond acceptors (Lipinski definition) is 3. The van der Waals surface area contributed by atoms with Crippen LogP contribution in [0.5, 0.6) is 11.5 Å². The van der Waals surface area contributed by atoms with E-state index in [1.165, 1.54) is 13.3 Å². The fourth-order valence-corrected chi connectivity index (χ4v) is 3.59. The van der Waals surface area contributed by atoms with Crippen molar-refractivity contribution in [3.8, 4) is 11.5 Å². The van der Waals surface area contributed by atoms with Gasteiger partial charge in [-0.15, -0.1) is 0 Å². The molecule has 28 heavy (non-hydrogen) atoms. The van der Waals surface area contributed by atoms with Gasteiger partial charge in [0, 0.05) is 31.6 Å². The lowest BCUT2D eigenvalue weighted by atomic mass is 9.89. The Morgan fingerprint density at radius 2 is 1.61 bits per heavy atom. The molecule has 0 heterocycles. The smallest absolute Gasteiger partial charge is 0.223 e. The average molecular weight is 380 g/mol. The number of carbonyl (C=O) groups excluding carboxylic acids is 2. The van der Waals surface area contributed by atoms with Crippen molar-refractivity contribution in [1.82, 2.24) is 5.32 Å². The van der Waals surface area contributed by atoms with Crippen molar-refractivity contribution in [1.29, 1.82) is 0 Å². The Balaban J connectivity index is 1.54. The molecule has 0 saturated heterocycles. The summed E-state index contributed by atoms with van der Waals surface area (Å²) in [5, 5.41) is 2.99. The van der Waals surface area contributed by atoms with Crippen LogP contribution in [0.2, 0.25) is 0 Å². The lowest BCUT2D eigenvalue weighted by Gasteiger charge is -2.24. The van der Waals surface area contributed by atoms with E-state index in [0.717, 1.165) is 37.1 Å². The molecule has 0 radical (unpaired) electrons. The maximum absolute atomic E-state index is 12.3. The number of hydrogen-bond donors (Lipinski definition) is 1. The first-order chi connectivity index (χ1) is 13.6. The predicted octanol–water partition coefficient (Wildman–Crippen LogP) is 4.53. The Bertz CT molecular complexity index is 768. The molecular formula is C23H28N2O3. The van der Waals surface area contributed by atoms with E-state index < -0.39 is 0 Å². The molecule has 1 saturated carbocycles. The standard InChI is InChI=1S/C23H28N2O3/c1-18(26)25(17-16-24-23(27)19-8-4-2-5-9-19)20-12-14-22(15-13-20)28-21-10-6-3-7-11-21/h3,6-7,10-15,19H,2,4-5,8-9,16-17H2,1H3,(H,24,27). The normalized spacial score (nSPS) is 14.3. The van der Waals surface area contributed by atoms with Gasteiger partial charge in [0.1, 0.15) is 11.5 Å². The Morgan fingerprint density at radius 3 is 2.25 bits per heavy atom. The Labute approximate surface area is 166 Å². The summed E-state index contributed by atoms with van der Waals surface area (Å²) >= 11 is 0. The van der Waals surface area contributed by atoms with Crippen LogP contribution in [0.4, 0.5) is 5.69 Å². The second-order valence-corrected chi connectivity index (χ2v) is 7.21. The van der Waals surface area contributed by atoms with Crippen LogP contribution in [-0.2, 0) is 9.59 Å². The minimum atomic E-state index is -0.0522. The molecule has 3 rings (SSSR count). The van der Waals surface area contributed by atoms with Gasteiger partial charge < -0.3 is 15.0 Å². The van der Waals surface area contributed by atoms with E-state index >= 15 is 0 Å². The molecule has 148 valence electrons. The van der Waals surface area contributed by atoms with Gasteiger partial charge in [-0.2, -0.15) is 0 Å². The Hall–Kier alpha value is -2.82. The molecule has 0 aromatic heterocycles. The third-order valence-electron chi connectivity index (χ3n) is 5.12. The third kappa shape index (κ3) is 5.59. The highest BCUT2D eigenvalue weighted by Gasteiger charge is 2.21. The van der Waals surface area contributed by atoms with Gasteiger partial charge in [-0.3, -0.25) is 9.59 Å². The summed E-state index contributed by atoms with van der Waals surface area (Å²) in [6.07, 6.45) is 5.45. The molecule has 0 spiro atoms. The van der Waals surface area contributed by atoms with Gasteiger partial charge in [0.25, 0.3) is 0 Å². The van der Waals surface area contributed by atoms with Crippen LogP contribution in [0, 0.1) is 5.92 Å². The number of benzene rings is 2. The van der Waals surface area contributed by atoms with Gasteiger partial charge in [0.15, 0.2) is 0 Å². The number of nitrogens with zero attached hydrogens (tertiary/aromatic N) is 1. The minimum absolute atomic E-state index is 0.0522.